The lowest BCUT2D eigenvalue weighted by atomic mass is 10.0. The van der Waals surface area contributed by atoms with E-state index in [9.17, 15) is 4.79 Å². The zero-order valence-corrected chi connectivity index (χ0v) is 16.6. The third-order valence-electron chi connectivity index (χ3n) is 4.25. The number of rotatable bonds is 3. The van der Waals surface area contributed by atoms with E-state index in [-0.39, 0.29) is 11.3 Å². The molecule has 0 radical (unpaired) electrons. The van der Waals surface area contributed by atoms with Gasteiger partial charge in [0, 0.05) is 34.5 Å². The van der Waals surface area contributed by atoms with Gasteiger partial charge in [0.25, 0.3) is 5.91 Å². The van der Waals surface area contributed by atoms with Crippen LogP contribution >= 0.6 is 23.4 Å². The number of halogens is 1. The van der Waals surface area contributed by atoms with Gasteiger partial charge in [-0.15, -0.1) is 0 Å². The van der Waals surface area contributed by atoms with Crippen LogP contribution in [0, 0.1) is 17.8 Å². The van der Waals surface area contributed by atoms with Gasteiger partial charge in [0.2, 0.25) is 0 Å². The molecule has 4 rings (SSSR count). The van der Waals surface area contributed by atoms with Gasteiger partial charge in [-0.25, -0.2) is 0 Å². The lowest BCUT2D eigenvalue weighted by molar-refractivity contribution is 0.0978. The monoisotopic (exact) mass is 412 g/mol. The van der Waals surface area contributed by atoms with Crippen molar-refractivity contribution < 1.29 is 9.53 Å². The number of hydrazone groups is 1. The van der Waals surface area contributed by atoms with Crippen LogP contribution in [0.5, 0.6) is 5.75 Å². The first-order valence-corrected chi connectivity index (χ1v) is 10.00. The molecule has 2 heterocycles. The van der Waals surface area contributed by atoms with E-state index in [4.69, 9.17) is 16.3 Å². The first-order valence-electron chi connectivity index (χ1n) is 8.74. The molecule has 1 aromatic carbocycles. The number of thioether (sulfide) groups is 1. The predicted octanol–water partition coefficient (Wildman–Crippen LogP) is 3.49. The summed E-state index contributed by atoms with van der Waals surface area (Å²) in [6.45, 7) is 0. The minimum atomic E-state index is -0.289. The van der Waals surface area contributed by atoms with E-state index >= 15 is 0 Å². The molecule has 0 saturated heterocycles. The lowest BCUT2D eigenvalue weighted by Crippen LogP contribution is -2.28. The Hall–Kier alpha value is -2.69. The lowest BCUT2D eigenvalue weighted by Gasteiger charge is -2.13. The smallest absolute Gasteiger partial charge is 0.258 e. The third kappa shape index (κ3) is 4.24. The van der Waals surface area contributed by atoms with Crippen LogP contribution in [0.15, 0.2) is 41.8 Å². The highest BCUT2D eigenvalue weighted by atomic mass is 35.5. The van der Waals surface area contributed by atoms with E-state index in [1.807, 2.05) is 0 Å². The van der Waals surface area contributed by atoms with Crippen LogP contribution in [0.1, 0.15) is 23.2 Å². The summed E-state index contributed by atoms with van der Waals surface area (Å²) in [5, 5.41) is 7.89. The largest absolute Gasteiger partial charge is 0.496 e. The number of carbonyl (C=O) groups excluding carboxylic acids is 1. The zero-order chi connectivity index (χ0) is 19.5. The molecule has 28 heavy (non-hydrogen) atoms. The molecule has 0 spiro atoms. The molecule has 0 bridgehead atoms. The maximum Gasteiger partial charge on any atom is 0.258 e. The van der Waals surface area contributed by atoms with Gasteiger partial charge in [0.1, 0.15) is 5.75 Å². The summed E-state index contributed by atoms with van der Waals surface area (Å²) in [5.74, 6) is 7.18. The van der Waals surface area contributed by atoms with Crippen molar-refractivity contribution in [2.75, 3.05) is 7.11 Å². The Morgan fingerprint density at radius 1 is 1.32 bits per heavy atom. The molecule has 2 aliphatic rings. The van der Waals surface area contributed by atoms with Crippen LogP contribution in [0.3, 0.4) is 0 Å². The van der Waals surface area contributed by atoms with Gasteiger partial charge < -0.3 is 4.74 Å². The number of methoxy groups -OCH3 is 1. The van der Waals surface area contributed by atoms with E-state index in [1.165, 1.54) is 24.6 Å². The van der Waals surface area contributed by atoms with Gasteiger partial charge in [-0.05, 0) is 48.9 Å². The molecule has 8 heteroatoms. The van der Waals surface area contributed by atoms with Crippen LogP contribution in [0.25, 0.3) is 11.1 Å². The van der Waals surface area contributed by atoms with Gasteiger partial charge in [-0.2, -0.15) is 5.10 Å². The van der Waals surface area contributed by atoms with Crippen molar-refractivity contribution in [3.63, 3.8) is 0 Å². The standard InChI is InChI=1S/C20H17ClN4O2S/c1-27-17-6-5-13(21)10-15(17)16-11-22-9-8-14(16)19(26)23-20-25-24-18(28-20)7-4-12-2-3-12/h5-6,8-12,18,24H,2-3H2,1H3,(H,23,25,26). The predicted molar refractivity (Wildman–Crippen MR) is 111 cm³/mol. The molecule has 1 saturated carbocycles. The number of hydrogen-bond acceptors (Lipinski definition) is 6. The molecular weight excluding hydrogens is 396 g/mol. The molecular formula is C20H17ClN4O2S. The summed E-state index contributed by atoms with van der Waals surface area (Å²) >= 11 is 7.53. The van der Waals surface area contributed by atoms with Crippen molar-refractivity contribution in [3.05, 3.63) is 47.2 Å². The van der Waals surface area contributed by atoms with Crippen LogP contribution in [-0.2, 0) is 0 Å². The summed E-state index contributed by atoms with van der Waals surface area (Å²) in [5.41, 5.74) is 4.70. The molecule has 1 unspecified atom stereocenters. The molecule has 2 N–H and O–H groups in total. The van der Waals surface area contributed by atoms with E-state index < -0.39 is 0 Å². The number of nitrogens with zero attached hydrogens (tertiary/aromatic N) is 2. The van der Waals surface area contributed by atoms with E-state index in [1.54, 1.807) is 43.8 Å². The quantitative estimate of drug-likeness (QED) is 0.755. The van der Waals surface area contributed by atoms with Gasteiger partial charge in [-0.3, -0.25) is 20.5 Å². The number of amidine groups is 1. The molecule has 6 nitrogen and oxygen atoms in total. The van der Waals surface area contributed by atoms with Gasteiger partial charge in [0.05, 0.1) is 12.7 Å². The average Bonchev–Trinajstić information content (AvgIpc) is 3.44. The minimum absolute atomic E-state index is 0.138. The number of ether oxygens (including phenoxy) is 1. The molecule has 1 aromatic heterocycles. The number of pyridine rings is 1. The van der Waals surface area contributed by atoms with Gasteiger partial charge >= 0.3 is 0 Å². The van der Waals surface area contributed by atoms with Crippen molar-refractivity contribution in [2.45, 2.75) is 18.2 Å². The fourth-order valence-corrected chi connectivity index (χ4v) is 3.57. The second-order valence-electron chi connectivity index (χ2n) is 6.33. The highest BCUT2D eigenvalue weighted by Crippen LogP contribution is 2.34. The van der Waals surface area contributed by atoms with Gasteiger partial charge in [-0.1, -0.05) is 23.4 Å². The maximum atomic E-state index is 12.9. The number of nitrogens with one attached hydrogen (secondary N) is 2. The third-order valence-corrected chi connectivity index (χ3v) is 5.36. The molecule has 2 aromatic rings. The summed E-state index contributed by atoms with van der Waals surface area (Å²) in [6.07, 6.45) is 5.54. The Balaban J connectivity index is 1.53. The van der Waals surface area contributed by atoms with Crippen LogP contribution < -0.4 is 15.5 Å². The second-order valence-corrected chi connectivity index (χ2v) is 7.86. The Morgan fingerprint density at radius 2 is 2.18 bits per heavy atom. The fraction of sp³-hybridized carbons (Fsp3) is 0.250. The van der Waals surface area contributed by atoms with Gasteiger partial charge in [0.15, 0.2) is 10.5 Å². The topological polar surface area (TPSA) is 75.6 Å². The second kappa shape index (κ2) is 8.13. The minimum Gasteiger partial charge on any atom is -0.496 e. The van der Waals surface area contributed by atoms with E-state index in [0.29, 0.717) is 38.5 Å². The summed E-state index contributed by atoms with van der Waals surface area (Å²) in [7, 11) is 1.57. The first kappa shape index (κ1) is 18.7. The number of hydrogen-bond donors (Lipinski definition) is 2. The molecule has 142 valence electrons. The average molecular weight is 413 g/mol. The van der Waals surface area contributed by atoms with Crippen LogP contribution in [0.2, 0.25) is 5.02 Å². The Morgan fingerprint density at radius 3 is 2.96 bits per heavy atom. The van der Waals surface area contributed by atoms with E-state index in [0.717, 1.165) is 0 Å². The Kier molecular flexibility index (Phi) is 5.42. The highest BCUT2D eigenvalue weighted by Gasteiger charge is 2.23. The van der Waals surface area contributed by atoms with E-state index in [2.05, 4.69) is 32.7 Å². The first-order chi connectivity index (χ1) is 13.6. The molecule has 1 aliphatic carbocycles. The van der Waals surface area contributed by atoms with Crippen molar-refractivity contribution >= 4 is 34.4 Å². The maximum absolute atomic E-state index is 12.9. The van der Waals surface area contributed by atoms with Crippen molar-refractivity contribution in [3.8, 4) is 28.7 Å². The zero-order valence-electron chi connectivity index (χ0n) is 15.0. The van der Waals surface area contributed by atoms with Crippen molar-refractivity contribution in [2.24, 2.45) is 11.0 Å². The summed E-state index contributed by atoms with van der Waals surface area (Å²) in [6, 6.07) is 6.90. The fourth-order valence-electron chi connectivity index (χ4n) is 2.68. The summed E-state index contributed by atoms with van der Waals surface area (Å²) < 4.78 is 5.42. The van der Waals surface area contributed by atoms with Crippen molar-refractivity contribution in [1.29, 1.82) is 0 Å². The Labute approximate surface area is 172 Å². The number of benzene rings is 1. The van der Waals surface area contributed by atoms with Crippen molar-refractivity contribution in [1.82, 2.24) is 15.7 Å². The molecule has 1 amide bonds. The highest BCUT2D eigenvalue weighted by molar-refractivity contribution is 8.14. The normalized spacial score (nSPS) is 17.8. The summed E-state index contributed by atoms with van der Waals surface area (Å²) in [4.78, 5) is 17.0. The van der Waals surface area contributed by atoms with Crippen LogP contribution in [-0.4, -0.2) is 28.5 Å². The SMILES string of the molecule is COc1ccc(Cl)cc1-c1cnccc1C(=O)NC1=NNC(C#CC2CC2)S1. The molecule has 1 aliphatic heterocycles. The molecule has 1 atom stereocenters. The number of amides is 1. The van der Waals surface area contributed by atoms with Crippen LogP contribution in [0.4, 0.5) is 0 Å². The number of aromatic nitrogens is 1. The Bertz CT molecular complexity index is 1010. The number of carbonyl (C=O) groups is 1. The molecule has 1 fully saturated rings.